The Balaban J connectivity index is 2.35. The quantitative estimate of drug-likeness (QED) is 0.721. The Kier molecular flexibility index (Phi) is 2.89. The zero-order valence-electron chi connectivity index (χ0n) is 7.40. The molecule has 2 rings (SSSR count). The molecule has 0 aromatic carbocycles. The molecule has 1 heterocycles. The van der Waals surface area contributed by atoms with Crippen molar-refractivity contribution in [3.63, 3.8) is 0 Å². The molecule has 0 saturated carbocycles. The summed E-state index contributed by atoms with van der Waals surface area (Å²) in [6.45, 7) is 0. The zero-order valence-corrected chi connectivity index (χ0v) is 9.81. The predicted octanol–water partition coefficient (Wildman–Crippen LogP) is 3.52. The van der Waals surface area contributed by atoms with Gasteiger partial charge >= 0.3 is 0 Å². The Bertz CT molecular complexity index is 420. The molecule has 14 heavy (non-hydrogen) atoms. The van der Waals surface area contributed by atoms with Crippen LogP contribution in [-0.4, -0.2) is 9.85 Å². The topological polar surface area (TPSA) is 12.9 Å². The van der Waals surface area contributed by atoms with Gasteiger partial charge in [0, 0.05) is 22.0 Å². The van der Waals surface area contributed by atoms with Crippen molar-refractivity contribution in [3.05, 3.63) is 46.7 Å². The normalized spacial score (nSPS) is 16.2. The average molecular weight is 266 g/mol. The van der Waals surface area contributed by atoms with Crippen LogP contribution in [0.3, 0.4) is 0 Å². The first-order valence-corrected chi connectivity index (χ1v) is 5.49. The van der Waals surface area contributed by atoms with Crippen LogP contribution < -0.4 is 0 Å². The highest BCUT2D eigenvalue weighted by Gasteiger charge is 2.09. The van der Waals surface area contributed by atoms with E-state index in [4.69, 9.17) is 12.2 Å². The number of aromatic nitrogens is 1. The number of pyridine rings is 1. The molecule has 0 amide bonds. The van der Waals surface area contributed by atoms with E-state index in [-0.39, 0.29) is 0 Å². The van der Waals surface area contributed by atoms with Gasteiger partial charge in [0.2, 0.25) is 0 Å². The van der Waals surface area contributed by atoms with Gasteiger partial charge in [-0.05, 0) is 39.7 Å². The molecule has 1 aromatic rings. The third kappa shape index (κ3) is 1.99. The van der Waals surface area contributed by atoms with E-state index >= 15 is 0 Å². The van der Waals surface area contributed by atoms with Crippen molar-refractivity contribution in [3.8, 4) is 0 Å². The number of hydrogen-bond acceptors (Lipinski definition) is 2. The van der Waals surface area contributed by atoms with Crippen molar-refractivity contribution in [2.75, 3.05) is 0 Å². The van der Waals surface area contributed by atoms with E-state index in [1.54, 1.807) is 6.20 Å². The molecular formula is C11H8BrNS. The molecular weight excluding hydrogens is 258 g/mol. The summed E-state index contributed by atoms with van der Waals surface area (Å²) >= 11 is 8.59. The maximum atomic E-state index is 5.15. The molecule has 0 radical (unpaired) electrons. The van der Waals surface area contributed by atoms with Crippen molar-refractivity contribution >= 4 is 38.6 Å². The lowest BCUT2D eigenvalue weighted by molar-refractivity contribution is 1.27. The lowest BCUT2D eigenvalue weighted by Gasteiger charge is -2.09. The fourth-order valence-electron chi connectivity index (χ4n) is 1.29. The summed E-state index contributed by atoms with van der Waals surface area (Å²) in [4.78, 5) is 5.23. The standard InChI is InChI=1S/C11H8BrNS/c12-9-7-8(4-5-11(9)14)10-3-1-2-6-13-10/h1-4,6-7H,5H2. The number of rotatable bonds is 1. The molecule has 0 spiro atoms. The SMILES string of the molecule is S=C1CC=C(c2ccccn2)C=C1Br. The minimum Gasteiger partial charge on any atom is -0.256 e. The summed E-state index contributed by atoms with van der Waals surface area (Å²) in [5, 5.41) is 0. The Morgan fingerprint density at radius 2 is 2.21 bits per heavy atom. The molecule has 0 fully saturated rings. The van der Waals surface area contributed by atoms with E-state index in [0.717, 1.165) is 27.0 Å². The predicted molar refractivity (Wildman–Crippen MR) is 66.4 cm³/mol. The molecule has 1 aliphatic rings. The highest BCUT2D eigenvalue weighted by molar-refractivity contribution is 9.12. The van der Waals surface area contributed by atoms with E-state index in [1.807, 2.05) is 24.3 Å². The molecule has 0 unspecified atom stereocenters. The van der Waals surface area contributed by atoms with Gasteiger partial charge in [-0.25, -0.2) is 0 Å². The van der Waals surface area contributed by atoms with Gasteiger partial charge in [-0.3, -0.25) is 4.98 Å². The van der Waals surface area contributed by atoms with E-state index in [0.29, 0.717) is 0 Å². The van der Waals surface area contributed by atoms with Crippen LogP contribution in [0.25, 0.3) is 5.57 Å². The van der Waals surface area contributed by atoms with Crippen LogP contribution in [-0.2, 0) is 0 Å². The van der Waals surface area contributed by atoms with Crippen LogP contribution in [0.15, 0.2) is 41.0 Å². The molecule has 1 aromatic heterocycles. The Hall–Kier alpha value is -0.800. The fourth-order valence-corrected chi connectivity index (χ4v) is 1.84. The van der Waals surface area contributed by atoms with Crippen LogP contribution in [0.4, 0.5) is 0 Å². The highest BCUT2D eigenvalue weighted by Crippen LogP contribution is 2.25. The number of hydrogen-bond donors (Lipinski definition) is 0. The summed E-state index contributed by atoms with van der Waals surface area (Å²) in [6, 6.07) is 5.89. The van der Waals surface area contributed by atoms with Crippen molar-refractivity contribution in [2.45, 2.75) is 6.42 Å². The van der Waals surface area contributed by atoms with Gasteiger partial charge in [-0.2, -0.15) is 0 Å². The number of allylic oxidation sites excluding steroid dienone is 4. The van der Waals surface area contributed by atoms with Crippen molar-refractivity contribution in [1.82, 2.24) is 4.98 Å². The first kappa shape index (κ1) is 9.74. The minimum absolute atomic E-state index is 0.818. The molecule has 0 aliphatic heterocycles. The first-order chi connectivity index (χ1) is 6.77. The molecule has 0 saturated heterocycles. The molecule has 70 valence electrons. The lowest BCUT2D eigenvalue weighted by atomic mass is 10.0. The van der Waals surface area contributed by atoms with Gasteiger partial charge in [-0.1, -0.05) is 24.4 Å². The van der Waals surface area contributed by atoms with Crippen LogP contribution in [0, 0.1) is 0 Å². The van der Waals surface area contributed by atoms with Crippen LogP contribution in [0.1, 0.15) is 12.1 Å². The van der Waals surface area contributed by atoms with Gasteiger partial charge in [0.1, 0.15) is 0 Å². The lowest BCUT2D eigenvalue weighted by Crippen LogP contribution is -1.99. The molecule has 0 N–H and O–H groups in total. The van der Waals surface area contributed by atoms with Crippen LogP contribution >= 0.6 is 28.1 Å². The summed E-state index contributed by atoms with van der Waals surface area (Å²) in [7, 11) is 0. The number of halogens is 1. The number of nitrogens with zero attached hydrogens (tertiary/aromatic N) is 1. The van der Waals surface area contributed by atoms with Gasteiger partial charge in [0.25, 0.3) is 0 Å². The minimum atomic E-state index is 0.818. The summed E-state index contributed by atoms with van der Waals surface area (Å²) in [6.07, 6.45) is 6.74. The number of thiocarbonyl (C=S) groups is 1. The van der Waals surface area contributed by atoms with E-state index in [2.05, 4.69) is 27.0 Å². The second kappa shape index (κ2) is 4.15. The molecule has 1 nitrogen and oxygen atoms in total. The van der Waals surface area contributed by atoms with Crippen molar-refractivity contribution < 1.29 is 0 Å². The Morgan fingerprint density at radius 3 is 2.86 bits per heavy atom. The fraction of sp³-hybridized carbons (Fsp3) is 0.0909. The third-order valence-electron chi connectivity index (χ3n) is 2.02. The van der Waals surface area contributed by atoms with E-state index in [1.165, 1.54) is 0 Å². The maximum absolute atomic E-state index is 5.15. The summed E-state index contributed by atoms with van der Waals surface area (Å²) in [5.41, 5.74) is 2.12. The van der Waals surface area contributed by atoms with Crippen LogP contribution in [0.2, 0.25) is 0 Å². The summed E-state index contributed by atoms with van der Waals surface area (Å²) < 4.78 is 0.996. The smallest absolute Gasteiger partial charge is 0.0699 e. The monoisotopic (exact) mass is 265 g/mol. The highest BCUT2D eigenvalue weighted by atomic mass is 79.9. The molecule has 3 heteroatoms. The first-order valence-electron chi connectivity index (χ1n) is 4.29. The van der Waals surface area contributed by atoms with Gasteiger partial charge in [0.15, 0.2) is 0 Å². The Morgan fingerprint density at radius 1 is 1.36 bits per heavy atom. The molecule has 1 aliphatic carbocycles. The largest absolute Gasteiger partial charge is 0.256 e. The van der Waals surface area contributed by atoms with Gasteiger partial charge in [0.05, 0.1) is 5.69 Å². The van der Waals surface area contributed by atoms with Crippen molar-refractivity contribution in [2.24, 2.45) is 0 Å². The third-order valence-corrected chi connectivity index (χ3v) is 3.37. The zero-order chi connectivity index (χ0) is 9.97. The second-order valence-electron chi connectivity index (χ2n) is 2.99. The van der Waals surface area contributed by atoms with Gasteiger partial charge in [-0.15, -0.1) is 0 Å². The Labute approximate surface area is 96.7 Å². The van der Waals surface area contributed by atoms with Gasteiger partial charge < -0.3 is 0 Å². The van der Waals surface area contributed by atoms with E-state index in [9.17, 15) is 0 Å². The summed E-state index contributed by atoms with van der Waals surface area (Å²) in [5.74, 6) is 0. The maximum Gasteiger partial charge on any atom is 0.0699 e. The van der Waals surface area contributed by atoms with Crippen molar-refractivity contribution in [1.29, 1.82) is 0 Å². The second-order valence-corrected chi connectivity index (χ2v) is 4.34. The molecule has 0 atom stereocenters. The average Bonchev–Trinajstić information content (AvgIpc) is 2.23. The molecule has 0 bridgehead atoms. The van der Waals surface area contributed by atoms with Crippen LogP contribution in [0.5, 0.6) is 0 Å². The van der Waals surface area contributed by atoms with E-state index < -0.39 is 0 Å².